The Labute approximate surface area is 186 Å². The van der Waals surface area contributed by atoms with Crippen molar-refractivity contribution in [3.05, 3.63) is 53.4 Å². The summed E-state index contributed by atoms with van der Waals surface area (Å²) in [7, 11) is 0. The van der Waals surface area contributed by atoms with Gasteiger partial charge in [0.2, 0.25) is 5.91 Å². The molecule has 2 aliphatic heterocycles. The second-order valence-corrected chi connectivity index (χ2v) is 8.22. The van der Waals surface area contributed by atoms with Crippen molar-refractivity contribution < 1.29 is 14.0 Å². The number of carbonyl (C=O) groups excluding carboxylic acids is 2. The second-order valence-electron chi connectivity index (χ2n) is 8.22. The monoisotopic (exact) mass is 438 g/mol. The average Bonchev–Trinajstić information content (AvgIpc) is 3.42. The van der Waals surface area contributed by atoms with E-state index in [4.69, 9.17) is 0 Å². The molecule has 4 rings (SSSR count). The fourth-order valence-corrected chi connectivity index (χ4v) is 4.10. The van der Waals surface area contributed by atoms with E-state index in [2.05, 4.69) is 20.4 Å². The minimum atomic E-state index is -0.370. The quantitative estimate of drug-likeness (QED) is 0.747. The van der Waals surface area contributed by atoms with Crippen LogP contribution in [0.1, 0.15) is 60.5 Å². The van der Waals surface area contributed by atoms with Gasteiger partial charge in [-0.05, 0) is 51.0 Å². The van der Waals surface area contributed by atoms with Crippen LogP contribution in [-0.2, 0) is 4.79 Å². The molecule has 9 heteroatoms. The Balaban J connectivity index is 1.41. The maximum Gasteiger partial charge on any atom is 0.259 e. The highest BCUT2D eigenvalue weighted by Gasteiger charge is 2.32. The van der Waals surface area contributed by atoms with Crippen molar-refractivity contribution in [2.24, 2.45) is 5.10 Å². The zero-order valence-corrected chi connectivity index (χ0v) is 18.3. The Hall–Kier alpha value is -3.36. The third-order valence-electron chi connectivity index (χ3n) is 5.84. The summed E-state index contributed by atoms with van der Waals surface area (Å²) in [4.78, 5) is 36.3. The molecular weight excluding hydrogens is 411 g/mol. The lowest BCUT2D eigenvalue weighted by Gasteiger charge is -2.25. The summed E-state index contributed by atoms with van der Waals surface area (Å²) >= 11 is 0. The molecule has 3 heterocycles. The average molecular weight is 439 g/mol. The molecule has 1 aromatic carbocycles. The largest absolute Gasteiger partial charge is 0.332 e. The third kappa shape index (κ3) is 4.92. The standard InChI is InChI=1S/C23H27FN6O2/c1-15-9-12-29(28-15)13-10-21(31)30-11-3-4-20(30)22-25-14-19(16(2)26-22)23(32)27-18-7-5-17(24)6-8-18/h5-8,14,20H,3-4,9-13H2,1-2H3,(H,27,32). The van der Waals surface area contributed by atoms with Crippen molar-refractivity contribution in [3.63, 3.8) is 0 Å². The first-order chi connectivity index (χ1) is 15.4. The SMILES string of the molecule is CC1=NN(CCC(=O)N2CCCC2c2ncc(C(=O)Nc3ccc(F)cc3)c(C)n2)CC1. The van der Waals surface area contributed by atoms with E-state index in [1.54, 1.807) is 6.92 Å². The Bertz CT molecular complexity index is 1040. The summed E-state index contributed by atoms with van der Waals surface area (Å²) < 4.78 is 13.1. The molecule has 1 aromatic heterocycles. The van der Waals surface area contributed by atoms with Gasteiger partial charge in [0, 0.05) is 50.1 Å². The van der Waals surface area contributed by atoms with Gasteiger partial charge in [-0.3, -0.25) is 14.6 Å². The maximum atomic E-state index is 13.1. The van der Waals surface area contributed by atoms with Crippen LogP contribution < -0.4 is 5.32 Å². The lowest BCUT2D eigenvalue weighted by Crippen LogP contribution is -2.33. The minimum absolute atomic E-state index is 0.0756. The lowest BCUT2D eigenvalue weighted by atomic mass is 10.1. The summed E-state index contributed by atoms with van der Waals surface area (Å²) in [5.41, 5.74) is 2.47. The van der Waals surface area contributed by atoms with Crippen molar-refractivity contribution in [2.45, 2.75) is 45.6 Å². The molecule has 8 nitrogen and oxygen atoms in total. The number of nitrogens with one attached hydrogen (secondary N) is 1. The molecule has 0 saturated carbocycles. The molecule has 1 unspecified atom stereocenters. The van der Waals surface area contributed by atoms with Crippen LogP contribution in [0.25, 0.3) is 0 Å². The molecule has 1 saturated heterocycles. The highest BCUT2D eigenvalue weighted by Crippen LogP contribution is 2.31. The Morgan fingerprint density at radius 3 is 2.66 bits per heavy atom. The zero-order chi connectivity index (χ0) is 22.7. The first-order valence-corrected chi connectivity index (χ1v) is 10.9. The fraction of sp³-hybridized carbons (Fsp3) is 0.435. The number of aryl methyl sites for hydroxylation is 1. The molecule has 0 spiro atoms. The van der Waals surface area contributed by atoms with Crippen LogP contribution in [0.3, 0.4) is 0 Å². The molecule has 2 amide bonds. The number of likely N-dealkylation sites (tertiary alicyclic amines) is 1. The van der Waals surface area contributed by atoms with Gasteiger partial charge in [0.05, 0.1) is 17.3 Å². The summed E-state index contributed by atoms with van der Waals surface area (Å²) in [5.74, 6) is -0.0966. The number of benzene rings is 1. The van der Waals surface area contributed by atoms with Gasteiger partial charge in [-0.2, -0.15) is 5.10 Å². The van der Waals surface area contributed by atoms with Gasteiger partial charge >= 0.3 is 0 Å². The number of rotatable bonds is 6. The number of aromatic nitrogens is 2. The molecule has 2 aliphatic rings. The van der Waals surface area contributed by atoms with Gasteiger partial charge in [0.25, 0.3) is 5.91 Å². The first-order valence-electron chi connectivity index (χ1n) is 10.9. The highest BCUT2D eigenvalue weighted by atomic mass is 19.1. The predicted octanol–water partition coefficient (Wildman–Crippen LogP) is 3.31. The molecular formula is C23H27FN6O2. The van der Waals surface area contributed by atoms with Crippen molar-refractivity contribution in [2.75, 3.05) is 25.0 Å². The van der Waals surface area contributed by atoms with Gasteiger partial charge < -0.3 is 10.2 Å². The van der Waals surface area contributed by atoms with E-state index in [1.165, 1.54) is 30.5 Å². The van der Waals surface area contributed by atoms with Crippen LogP contribution in [-0.4, -0.2) is 57.0 Å². The fourth-order valence-electron chi connectivity index (χ4n) is 4.10. The van der Waals surface area contributed by atoms with Crippen LogP contribution in [0.4, 0.5) is 10.1 Å². The van der Waals surface area contributed by atoms with Crippen molar-refractivity contribution in [1.29, 1.82) is 0 Å². The smallest absolute Gasteiger partial charge is 0.259 e. The van der Waals surface area contributed by atoms with Crippen LogP contribution in [0.5, 0.6) is 0 Å². The third-order valence-corrected chi connectivity index (χ3v) is 5.84. The van der Waals surface area contributed by atoms with E-state index < -0.39 is 0 Å². The van der Waals surface area contributed by atoms with E-state index in [0.29, 0.717) is 42.3 Å². The number of nitrogens with zero attached hydrogens (tertiary/aromatic N) is 5. The molecule has 2 aromatic rings. The number of carbonyl (C=O) groups is 2. The van der Waals surface area contributed by atoms with Crippen LogP contribution >= 0.6 is 0 Å². The molecule has 168 valence electrons. The predicted molar refractivity (Wildman–Crippen MR) is 119 cm³/mol. The zero-order valence-electron chi connectivity index (χ0n) is 18.3. The van der Waals surface area contributed by atoms with Gasteiger partial charge in [-0.15, -0.1) is 0 Å². The van der Waals surface area contributed by atoms with E-state index in [0.717, 1.165) is 31.5 Å². The second kappa shape index (κ2) is 9.42. The Morgan fingerprint density at radius 2 is 1.97 bits per heavy atom. The number of hydrogen-bond donors (Lipinski definition) is 1. The maximum absolute atomic E-state index is 13.1. The number of amides is 2. The van der Waals surface area contributed by atoms with E-state index in [-0.39, 0.29) is 23.7 Å². The number of halogens is 1. The number of anilines is 1. The summed E-state index contributed by atoms with van der Waals surface area (Å²) in [6.45, 7) is 5.91. The van der Waals surface area contributed by atoms with E-state index >= 15 is 0 Å². The Kier molecular flexibility index (Phi) is 6.43. The molecule has 32 heavy (non-hydrogen) atoms. The molecule has 1 atom stereocenters. The van der Waals surface area contributed by atoms with Crippen molar-refractivity contribution >= 4 is 23.2 Å². The number of hydrogen-bond acceptors (Lipinski definition) is 6. The van der Waals surface area contributed by atoms with Crippen LogP contribution in [0.2, 0.25) is 0 Å². The Morgan fingerprint density at radius 1 is 1.19 bits per heavy atom. The molecule has 0 aliphatic carbocycles. The van der Waals surface area contributed by atoms with Crippen LogP contribution in [0.15, 0.2) is 35.6 Å². The summed E-state index contributed by atoms with van der Waals surface area (Å²) in [6, 6.07) is 5.37. The molecule has 1 fully saturated rings. The summed E-state index contributed by atoms with van der Waals surface area (Å²) in [5, 5.41) is 9.11. The normalized spacial score (nSPS) is 18.1. The van der Waals surface area contributed by atoms with Crippen molar-refractivity contribution in [1.82, 2.24) is 19.9 Å². The number of hydrazone groups is 1. The van der Waals surface area contributed by atoms with Gasteiger partial charge in [0.1, 0.15) is 5.82 Å². The van der Waals surface area contributed by atoms with Crippen molar-refractivity contribution in [3.8, 4) is 0 Å². The summed E-state index contributed by atoms with van der Waals surface area (Å²) in [6.07, 6.45) is 4.55. The molecule has 1 N–H and O–H groups in total. The van der Waals surface area contributed by atoms with E-state index in [9.17, 15) is 14.0 Å². The van der Waals surface area contributed by atoms with Gasteiger partial charge in [-0.25, -0.2) is 14.4 Å². The highest BCUT2D eigenvalue weighted by molar-refractivity contribution is 6.04. The lowest BCUT2D eigenvalue weighted by molar-refractivity contribution is -0.132. The van der Waals surface area contributed by atoms with Gasteiger partial charge in [-0.1, -0.05) is 0 Å². The topological polar surface area (TPSA) is 90.8 Å². The first kappa shape index (κ1) is 21.9. The minimum Gasteiger partial charge on any atom is -0.332 e. The molecule has 0 radical (unpaired) electrons. The van der Waals surface area contributed by atoms with Crippen LogP contribution in [0, 0.1) is 12.7 Å². The van der Waals surface area contributed by atoms with E-state index in [1.807, 2.05) is 16.8 Å². The van der Waals surface area contributed by atoms with Gasteiger partial charge in [0.15, 0.2) is 5.82 Å². The molecule has 0 bridgehead atoms.